The molecule has 0 aromatic carbocycles. The van der Waals surface area contributed by atoms with Crippen molar-refractivity contribution in [2.24, 2.45) is 0 Å². The summed E-state index contributed by atoms with van der Waals surface area (Å²) in [6.07, 6.45) is 37.3. The number of allylic oxidation sites excluding steroid dienone is 8. The molecule has 1 unspecified atom stereocenters. The molecule has 0 rings (SSSR count). The van der Waals surface area contributed by atoms with Gasteiger partial charge < -0.3 is 18.9 Å². The fourth-order valence-corrected chi connectivity index (χ4v) is 5.69. The largest absolute Gasteiger partial charge is 0.472 e. The van der Waals surface area contributed by atoms with Gasteiger partial charge in [0.1, 0.15) is 19.8 Å². The predicted octanol–water partition coefficient (Wildman–Crippen LogP) is 10.7. The van der Waals surface area contributed by atoms with Crippen LogP contribution in [0.1, 0.15) is 149 Å². The minimum absolute atomic E-state index is 0.0256. The van der Waals surface area contributed by atoms with E-state index < -0.39 is 32.5 Å². The maximum atomic E-state index is 12.6. The lowest BCUT2D eigenvalue weighted by Gasteiger charge is -2.24. The molecule has 0 radical (unpaired) electrons. The lowest BCUT2D eigenvalue weighted by atomic mass is 10.1. The van der Waals surface area contributed by atoms with Gasteiger partial charge in [-0.25, -0.2) is 4.57 Å². The number of hydrogen-bond acceptors (Lipinski definition) is 7. The van der Waals surface area contributed by atoms with Gasteiger partial charge >= 0.3 is 19.8 Å². The molecular formula is C41H75NO8P+. The van der Waals surface area contributed by atoms with E-state index in [1.807, 2.05) is 21.1 Å². The van der Waals surface area contributed by atoms with Crippen LogP contribution >= 0.6 is 7.82 Å². The Balaban J connectivity index is 4.45. The minimum atomic E-state index is -4.37. The van der Waals surface area contributed by atoms with Crippen molar-refractivity contribution < 1.29 is 42.1 Å². The van der Waals surface area contributed by atoms with Gasteiger partial charge in [-0.1, -0.05) is 133 Å². The number of nitrogens with zero attached hydrogens (tertiary/aromatic N) is 1. The van der Waals surface area contributed by atoms with Crippen molar-refractivity contribution in [1.82, 2.24) is 0 Å². The second-order valence-corrected chi connectivity index (χ2v) is 15.8. The summed E-state index contributed by atoms with van der Waals surface area (Å²) < 4.78 is 34.1. The van der Waals surface area contributed by atoms with Crippen LogP contribution < -0.4 is 0 Å². The predicted molar refractivity (Wildman–Crippen MR) is 210 cm³/mol. The molecule has 10 heteroatoms. The van der Waals surface area contributed by atoms with Gasteiger partial charge in [-0.05, 0) is 51.4 Å². The molecule has 0 saturated heterocycles. The number of likely N-dealkylation sites (N-methyl/N-ethyl adjacent to an activating group) is 1. The maximum Gasteiger partial charge on any atom is 0.472 e. The molecule has 0 aliphatic carbocycles. The van der Waals surface area contributed by atoms with Crippen LogP contribution in [-0.2, 0) is 32.7 Å². The zero-order chi connectivity index (χ0) is 37.9. The highest BCUT2D eigenvalue weighted by Crippen LogP contribution is 2.43. The summed E-state index contributed by atoms with van der Waals surface area (Å²) in [6.45, 7) is 4.28. The van der Waals surface area contributed by atoms with Crippen molar-refractivity contribution in [1.29, 1.82) is 0 Å². The number of carbonyl (C=O) groups is 2. The fraction of sp³-hybridized carbons (Fsp3) is 0.756. The van der Waals surface area contributed by atoms with E-state index in [-0.39, 0.29) is 26.1 Å². The average molecular weight is 741 g/mol. The number of ether oxygens (including phenoxy) is 2. The van der Waals surface area contributed by atoms with Crippen LogP contribution in [0.25, 0.3) is 0 Å². The third-order valence-electron chi connectivity index (χ3n) is 8.09. The molecule has 9 nitrogen and oxygen atoms in total. The van der Waals surface area contributed by atoms with E-state index in [0.29, 0.717) is 23.9 Å². The molecule has 0 heterocycles. The van der Waals surface area contributed by atoms with E-state index in [1.165, 1.54) is 44.9 Å². The van der Waals surface area contributed by atoms with Crippen LogP contribution in [0.2, 0.25) is 0 Å². The van der Waals surface area contributed by atoms with Gasteiger partial charge in [0.2, 0.25) is 0 Å². The third kappa shape index (κ3) is 37.5. The van der Waals surface area contributed by atoms with Gasteiger partial charge in [-0.2, -0.15) is 0 Å². The Morgan fingerprint density at radius 2 is 1.10 bits per heavy atom. The number of rotatable bonds is 35. The number of esters is 2. The Morgan fingerprint density at radius 1 is 0.608 bits per heavy atom. The Labute approximate surface area is 312 Å². The molecule has 0 aliphatic rings. The summed E-state index contributed by atoms with van der Waals surface area (Å²) in [7, 11) is 1.45. The summed E-state index contributed by atoms with van der Waals surface area (Å²) in [5.74, 6) is -0.840. The van der Waals surface area contributed by atoms with Crippen LogP contribution in [0, 0.1) is 0 Å². The van der Waals surface area contributed by atoms with Gasteiger partial charge in [0.15, 0.2) is 6.10 Å². The Hall–Kier alpha value is -2.03. The van der Waals surface area contributed by atoms with Gasteiger partial charge in [0.05, 0.1) is 27.7 Å². The lowest BCUT2D eigenvalue weighted by molar-refractivity contribution is -0.870. The molecule has 1 N–H and O–H groups in total. The van der Waals surface area contributed by atoms with Crippen molar-refractivity contribution >= 4 is 19.8 Å². The van der Waals surface area contributed by atoms with Crippen LogP contribution in [-0.4, -0.2) is 74.9 Å². The first-order chi connectivity index (χ1) is 24.5. The second-order valence-electron chi connectivity index (χ2n) is 14.3. The van der Waals surface area contributed by atoms with E-state index in [0.717, 1.165) is 64.2 Å². The highest BCUT2D eigenvalue weighted by atomic mass is 31.2. The lowest BCUT2D eigenvalue weighted by Crippen LogP contribution is -2.37. The molecule has 0 amide bonds. The molecule has 0 fully saturated rings. The number of quaternary nitrogens is 1. The van der Waals surface area contributed by atoms with Gasteiger partial charge in [0, 0.05) is 12.8 Å². The first-order valence-electron chi connectivity index (χ1n) is 19.9. The molecule has 2 atom stereocenters. The molecule has 0 aliphatic heterocycles. The number of unbranched alkanes of at least 4 members (excludes halogenated alkanes) is 13. The first-order valence-corrected chi connectivity index (χ1v) is 21.4. The summed E-state index contributed by atoms with van der Waals surface area (Å²) in [6, 6.07) is 0. The van der Waals surface area contributed by atoms with Crippen LogP contribution in [0.15, 0.2) is 48.6 Å². The molecule has 0 aromatic heterocycles. The maximum absolute atomic E-state index is 12.6. The van der Waals surface area contributed by atoms with Crippen LogP contribution in [0.3, 0.4) is 0 Å². The third-order valence-corrected chi connectivity index (χ3v) is 9.08. The number of phosphoric acid groups is 1. The highest BCUT2D eigenvalue weighted by molar-refractivity contribution is 7.47. The zero-order valence-electron chi connectivity index (χ0n) is 33.1. The van der Waals surface area contributed by atoms with Gasteiger partial charge in [0.25, 0.3) is 0 Å². The Kier molecular flexibility index (Phi) is 32.4. The van der Waals surface area contributed by atoms with Crippen molar-refractivity contribution in [2.45, 2.75) is 155 Å². The van der Waals surface area contributed by atoms with Crippen molar-refractivity contribution in [2.75, 3.05) is 47.5 Å². The van der Waals surface area contributed by atoms with Crippen LogP contribution in [0.5, 0.6) is 0 Å². The fourth-order valence-electron chi connectivity index (χ4n) is 4.94. The Morgan fingerprint density at radius 3 is 1.65 bits per heavy atom. The first kappa shape index (κ1) is 49.0. The van der Waals surface area contributed by atoms with Crippen LogP contribution in [0.4, 0.5) is 0 Å². The molecule has 0 bridgehead atoms. The van der Waals surface area contributed by atoms with E-state index >= 15 is 0 Å². The standard InChI is InChI=1S/C41H74NO8P/c1-6-8-10-12-14-16-18-19-20-21-22-23-24-26-27-29-31-33-40(43)47-37-39(38-49-51(45,46)48-36-35-42(3,4)5)50-41(44)34-32-30-28-25-17-15-13-11-9-7-2/h10,12,16,18,20-21,23-24,39H,6-9,11,13-15,17,19,22,25-38H2,1-5H3/p+1/b12-10+,18-16+,21-20+,24-23+/t39-/m0/s1. The normalized spacial score (nSPS) is 14.2. The smallest absolute Gasteiger partial charge is 0.462 e. The number of hydrogen-bond donors (Lipinski definition) is 1. The quantitative estimate of drug-likeness (QED) is 0.0225. The van der Waals surface area contributed by atoms with Crippen molar-refractivity contribution in [3.8, 4) is 0 Å². The molecule has 51 heavy (non-hydrogen) atoms. The minimum Gasteiger partial charge on any atom is -0.462 e. The summed E-state index contributed by atoms with van der Waals surface area (Å²) in [5.41, 5.74) is 0. The van der Waals surface area contributed by atoms with E-state index in [4.69, 9.17) is 18.5 Å². The van der Waals surface area contributed by atoms with E-state index in [2.05, 4.69) is 62.5 Å². The average Bonchev–Trinajstić information content (AvgIpc) is 3.07. The van der Waals surface area contributed by atoms with Gasteiger partial charge in [-0.3, -0.25) is 18.6 Å². The molecule has 0 saturated carbocycles. The Bertz CT molecular complexity index is 1020. The van der Waals surface area contributed by atoms with Crippen molar-refractivity contribution in [3.63, 3.8) is 0 Å². The number of carbonyl (C=O) groups excluding carboxylic acids is 2. The SMILES string of the molecule is CCC/C=C/C/C=C/C/C=C/C/C=C/CCCCCC(=O)OC[C@@H](COP(=O)(O)OCC[N+](C)(C)C)OC(=O)CCCCCCCCCCCC. The second kappa shape index (κ2) is 33.8. The van der Waals surface area contributed by atoms with Gasteiger partial charge in [-0.15, -0.1) is 0 Å². The van der Waals surface area contributed by atoms with E-state index in [9.17, 15) is 19.0 Å². The molecular weight excluding hydrogens is 665 g/mol. The summed E-state index contributed by atoms with van der Waals surface area (Å²) in [5, 5.41) is 0. The van der Waals surface area contributed by atoms with E-state index in [1.54, 1.807) is 0 Å². The summed E-state index contributed by atoms with van der Waals surface area (Å²) in [4.78, 5) is 35.2. The number of phosphoric ester groups is 1. The zero-order valence-corrected chi connectivity index (χ0v) is 34.0. The molecule has 296 valence electrons. The monoisotopic (exact) mass is 741 g/mol. The topological polar surface area (TPSA) is 108 Å². The van der Waals surface area contributed by atoms with Crippen molar-refractivity contribution in [3.05, 3.63) is 48.6 Å². The molecule has 0 spiro atoms. The highest BCUT2D eigenvalue weighted by Gasteiger charge is 2.27. The summed E-state index contributed by atoms with van der Waals surface area (Å²) >= 11 is 0. The molecule has 0 aromatic rings.